The summed E-state index contributed by atoms with van der Waals surface area (Å²) in [6.07, 6.45) is 0.560. The summed E-state index contributed by atoms with van der Waals surface area (Å²) in [5.74, 6) is -4.20. The fourth-order valence-corrected chi connectivity index (χ4v) is 0.320. The summed E-state index contributed by atoms with van der Waals surface area (Å²) in [5, 5.41) is 16.2. The van der Waals surface area contributed by atoms with Crippen LogP contribution < -0.4 is 0 Å². The van der Waals surface area contributed by atoms with Crippen molar-refractivity contribution in [1.29, 1.82) is 0 Å². The fourth-order valence-electron chi connectivity index (χ4n) is 0.320. The number of hydrogen-bond acceptors (Lipinski definition) is 3. The molecule has 2 N–H and O–H groups in total. The zero-order valence-electron chi connectivity index (χ0n) is 5.70. The number of rotatable bonds is 3. The van der Waals surface area contributed by atoms with Crippen molar-refractivity contribution in [1.82, 2.24) is 0 Å². The van der Waals surface area contributed by atoms with Crippen molar-refractivity contribution in [3.8, 4) is 0 Å². The highest BCUT2D eigenvalue weighted by atomic mass is 16.4. The highest BCUT2D eigenvalue weighted by Crippen LogP contribution is 1.91. The number of ketones is 1. The Labute approximate surface area is 61.9 Å². The summed E-state index contributed by atoms with van der Waals surface area (Å²) in [7, 11) is 0. The van der Waals surface area contributed by atoms with Crippen LogP contribution in [0.5, 0.6) is 0 Å². The Morgan fingerprint density at radius 1 is 1.09 bits per heavy atom. The van der Waals surface area contributed by atoms with E-state index in [1.807, 2.05) is 0 Å². The first-order chi connectivity index (χ1) is 4.95. The fraction of sp³-hybridized carbons (Fsp3) is 0.167. The summed E-state index contributed by atoms with van der Waals surface area (Å²) in [6.45, 7) is 1.14. The van der Waals surface area contributed by atoms with E-state index < -0.39 is 17.7 Å². The number of aliphatic carboxylic acids is 2. The van der Waals surface area contributed by atoms with Gasteiger partial charge in [0.05, 0.1) is 0 Å². The first-order valence-electron chi connectivity index (χ1n) is 2.64. The molecule has 0 fully saturated rings. The zero-order chi connectivity index (χ0) is 9.02. The number of carbonyl (C=O) groups is 3. The molecule has 5 nitrogen and oxygen atoms in total. The summed E-state index contributed by atoms with van der Waals surface area (Å²) in [6, 6.07) is 0. The van der Waals surface area contributed by atoms with Gasteiger partial charge in [0.2, 0.25) is 0 Å². The monoisotopic (exact) mass is 158 g/mol. The summed E-state index contributed by atoms with van der Waals surface area (Å²) in [5.41, 5.74) is -0.294. The molecule has 5 heteroatoms. The lowest BCUT2D eigenvalue weighted by atomic mass is 10.2. The highest BCUT2D eigenvalue weighted by Gasteiger charge is 2.10. The Kier molecular flexibility index (Phi) is 2.98. The van der Waals surface area contributed by atoms with Crippen molar-refractivity contribution in [3.63, 3.8) is 0 Å². The van der Waals surface area contributed by atoms with Gasteiger partial charge in [-0.05, 0) is 6.92 Å². The maximum absolute atomic E-state index is 10.3. The molecule has 0 saturated heterocycles. The van der Waals surface area contributed by atoms with Gasteiger partial charge in [-0.2, -0.15) is 0 Å². The van der Waals surface area contributed by atoms with E-state index in [2.05, 4.69) is 0 Å². The Hall–Kier alpha value is -1.65. The molecule has 0 aliphatic carbocycles. The molecule has 11 heavy (non-hydrogen) atoms. The van der Waals surface area contributed by atoms with E-state index in [1.54, 1.807) is 0 Å². The van der Waals surface area contributed by atoms with Gasteiger partial charge in [0.25, 0.3) is 5.78 Å². The molecule has 0 amide bonds. The molecule has 0 bridgehead atoms. The molecular weight excluding hydrogens is 152 g/mol. The third-order valence-electron chi connectivity index (χ3n) is 0.896. The summed E-state index contributed by atoms with van der Waals surface area (Å²) >= 11 is 0. The lowest BCUT2D eigenvalue weighted by Crippen LogP contribution is -2.11. The van der Waals surface area contributed by atoms with E-state index in [0.29, 0.717) is 6.08 Å². The average molecular weight is 158 g/mol. The van der Waals surface area contributed by atoms with Crippen molar-refractivity contribution in [2.24, 2.45) is 0 Å². The minimum atomic E-state index is -1.66. The van der Waals surface area contributed by atoms with Crippen LogP contribution in [-0.2, 0) is 14.4 Å². The van der Waals surface area contributed by atoms with Crippen molar-refractivity contribution < 1.29 is 24.6 Å². The standard InChI is InChI=1S/C6H6O5/c1-3(5(8)9)2-4(7)6(10)11/h2H,1H3,(H,8,9)(H,10,11)/b3-2-. The third-order valence-corrected chi connectivity index (χ3v) is 0.896. The van der Waals surface area contributed by atoms with Crippen LogP contribution in [0.3, 0.4) is 0 Å². The smallest absolute Gasteiger partial charge is 0.376 e. The summed E-state index contributed by atoms with van der Waals surface area (Å²) in [4.78, 5) is 30.2. The van der Waals surface area contributed by atoms with E-state index in [0.717, 1.165) is 6.92 Å². The van der Waals surface area contributed by atoms with Crippen LogP contribution in [0.15, 0.2) is 11.6 Å². The molecule has 0 aromatic carbocycles. The van der Waals surface area contributed by atoms with E-state index in [9.17, 15) is 14.4 Å². The van der Waals surface area contributed by atoms with Crippen LogP contribution in [0.25, 0.3) is 0 Å². The van der Waals surface area contributed by atoms with Crippen LogP contribution in [0, 0.1) is 0 Å². The van der Waals surface area contributed by atoms with E-state index in [4.69, 9.17) is 10.2 Å². The number of hydrogen-bond donors (Lipinski definition) is 2. The van der Waals surface area contributed by atoms with Crippen molar-refractivity contribution in [2.75, 3.05) is 0 Å². The van der Waals surface area contributed by atoms with Gasteiger partial charge >= 0.3 is 11.9 Å². The van der Waals surface area contributed by atoms with E-state index in [1.165, 1.54) is 0 Å². The van der Waals surface area contributed by atoms with Crippen molar-refractivity contribution >= 4 is 17.7 Å². The molecule has 0 aromatic rings. The first-order valence-corrected chi connectivity index (χ1v) is 2.64. The largest absolute Gasteiger partial charge is 0.478 e. The van der Waals surface area contributed by atoms with Crippen LogP contribution >= 0.6 is 0 Å². The Morgan fingerprint density at radius 2 is 1.55 bits per heavy atom. The van der Waals surface area contributed by atoms with Crippen LogP contribution in [0.4, 0.5) is 0 Å². The first kappa shape index (κ1) is 9.35. The molecular formula is C6H6O5. The minimum absolute atomic E-state index is 0.294. The van der Waals surface area contributed by atoms with Crippen LogP contribution in [-0.4, -0.2) is 27.9 Å². The minimum Gasteiger partial charge on any atom is -0.478 e. The maximum Gasteiger partial charge on any atom is 0.376 e. The van der Waals surface area contributed by atoms with Gasteiger partial charge in [0, 0.05) is 11.6 Å². The Bertz CT molecular complexity index is 237. The lowest BCUT2D eigenvalue weighted by molar-refractivity contribution is -0.146. The normalized spacial score (nSPS) is 10.8. The molecule has 0 atom stereocenters. The molecule has 0 aliphatic rings. The van der Waals surface area contributed by atoms with E-state index >= 15 is 0 Å². The molecule has 0 heterocycles. The number of carboxylic acids is 2. The molecule has 0 saturated carbocycles. The number of carboxylic acid groups (broad SMARTS) is 2. The predicted molar refractivity (Wildman–Crippen MR) is 34.0 cm³/mol. The molecule has 0 radical (unpaired) electrons. The molecule has 0 aromatic heterocycles. The lowest BCUT2D eigenvalue weighted by Gasteiger charge is -1.88. The van der Waals surface area contributed by atoms with Gasteiger partial charge in [-0.25, -0.2) is 9.59 Å². The summed E-state index contributed by atoms with van der Waals surface area (Å²) < 4.78 is 0. The van der Waals surface area contributed by atoms with Gasteiger partial charge < -0.3 is 10.2 Å². The molecule has 0 aliphatic heterocycles. The maximum atomic E-state index is 10.3. The van der Waals surface area contributed by atoms with Gasteiger partial charge in [0.15, 0.2) is 0 Å². The Balaban J connectivity index is 4.44. The quantitative estimate of drug-likeness (QED) is 0.433. The van der Waals surface area contributed by atoms with Crippen molar-refractivity contribution in [3.05, 3.63) is 11.6 Å². The second-order valence-electron chi connectivity index (χ2n) is 1.80. The number of carbonyl (C=O) groups excluding carboxylic acids is 1. The van der Waals surface area contributed by atoms with Gasteiger partial charge in [0.1, 0.15) is 0 Å². The molecule has 60 valence electrons. The van der Waals surface area contributed by atoms with Crippen molar-refractivity contribution in [2.45, 2.75) is 6.92 Å². The SMILES string of the molecule is C/C(=C/C(=O)C(=O)O)C(=O)O. The van der Waals surface area contributed by atoms with E-state index in [-0.39, 0.29) is 5.57 Å². The predicted octanol–water partition coefficient (Wildman–Crippen LogP) is -0.329. The second-order valence-corrected chi connectivity index (χ2v) is 1.80. The van der Waals surface area contributed by atoms with Gasteiger partial charge in [-0.3, -0.25) is 4.79 Å². The van der Waals surface area contributed by atoms with Gasteiger partial charge in [-0.15, -0.1) is 0 Å². The van der Waals surface area contributed by atoms with Crippen LogP contribution in [0.1, 0.15) is 6.92 Å². The molecule has 0 unspecified atom stereocenters. The topological polar surface area (TPSA) is 91.7 Å². The molecule has 0 rings (SSSR count). The van der Waals surface area contributed by atoms with Crippen LogP contribution in [0.2, 0.25) is 0 Å². The average Bonchev–Trinajstić information content (AvgIpc) is 1.87. The second kappa shape index (κ2) is 3.50. The third kappa shape index (κ3) is 3.14. The Morgan fingerprint density at radius 3 is 1.82 bits per heavy atom. The van der Waals surface area contributed by atoms with Gasteiger partial charge in [-0.1, -0.05) is 0 Å². The zero-order valence-corrected chi connectivity index (χ0v) is 5.70. The highest BCUT2D eigenvalue weighted by molar-refractivity contribution is 6.38. The molecule has 0 spiro atoms.